The van der Waals surface area contributed by atoms with E-state index in [2.05, 4.69) is 28.2 Å². The first-order valence-corrected chi connectivity index (χ1v) is 7.59. The molecule has 1 fully saturated rings. The van der Waals surface area contributed by atoms with Crippen LogP contribution < -0.4 is 5.32 Å². The lowest BCUT2D eigenvalue weighted by Gasteiger charge is -2.34. The van der Waals surface area contributed by atoms with E-state index in [1.807, 2.05) is 6.92 Å². The van der Waals surface area contributed by atoms with Crippen LogP contribution in [0.25, 0.3) is 0 Å². The molecule has 0 spiro atoms. The number of ether oxygens (including phenoxy) is 1. The summed E-state index contributed by atoms with van der Waals surface area (Å²) in [6, 6.07) is 0. The fourth-order valence-corrected chi connectivity index (χ4v) is 2.81. The van der Waals surface area contributed by atoms with Gasteiger partial charge in [-0.2, -0.15) is 0 Å². The van der Waals surface area contributed by atoms with Gasteiger partial charge in [0, 0.05) is 24.4 Å². The van der Waals surface area contributed by atoms with Crippen LogP contribution in [0.5, 0.6) is 0 Å². The molecule has 0 aromatic rings. The molecule has 0 radical (unpaired) electrons. The number of alkyl halides is 1. The van der Waals surface area contributed by atoms with E-state index in [1.54, 1.807) is 0 Å². The molecule has 1 unspecified atom stereocenters. The van der Waals surface area contributed by atoms with Crippen molar-refractivity contribution in [3.63, 3.8) is 0 Å². The summed E-state index contributed by atoms with van der Waals surface area (Å²) < 4.78 is 5.48. The van der Waals surface area contributed by atoms with Gasteiger partial charge in [0.05, 0.1) is 6.10 Å². The third kappa shape index (κ3) is 5.87. The van der Waals surface area contributed by atoms with E-state index in [0.29, 0.717) is 23.3 Å². The van der Waals surface area contributed by atoms with Crippen molar-refractivity contribution in [2.75, 3.05) is 13.2 Å². The number of nitrogens with one attached hydrogen (secondary N) is 1. The van der Waals surface area contributed by atoms with E-state index in [9.17, 15) is 4.79 Å². The van der Waals surface area contributed by atoms with E-state index in [0.717, 1.165) is 38.8 Å². The highest BCUT2D eigenvalue weighted by molar-refractivity contribution is 9.09. The molecule has 1 rings (SSSR count). The number of rotatable bonds is 8. The summed E-state index contributed by atoms with van der Waals surface area (Å²) in [7, 11) is 0. The van der Waals surface area contributed by atoms with Crippen molar-refractivity contribution in [1.82, 2.24) is 5.32 Å². The van der Waals surface area contributed by atoms with Crippen molar-refractivity contribution in [3.05, 3.63) is 0 Å². The van der Waals surface area contributed by atoms with Gasteiger partial charge in [0.2, 0.25) is 5.91 Å². The first kappa shape index (κ1) is 15.0. The molecule has 1 amide bonds. The molecule has 1 atom stereocenters. The summed E-state index contributed by atoms with van der Waals surface area (Å²) >= 11 is 3.56. The Morgan fingerprint density at radius 3 is 2.76 bits per heavy atom. The van der Waals surface area contributed by atoms with Gasteiger partial charge in [0.25, 0.3) is 0 Å². The van der Waals surface area contributed by atoms with Crippen molar-refractivity contribution in [2.45, 2.75) is 56.9 Å². The lowest BCUT2D eigenvalue weighted by Crippen LogP contribution is -2.37. The lowest BCUT2D eigenvalue weighted by molar-refractivity contribution is -0.124. The molecular formula is C13H24BrNO2. The normalized spacial score (nSPS) is 25.1. The van der Waals surface area contributed by atoms with Crippen molar-refractivity contribution in [3.8, 4) is 0 Å². The van der Waals surface area contributed by atoms with Crippen LogP contribution in [0.4, 0.5) is 0 Å². The Hall–Kier alpha value is -0.0900. The molecule has 3 nitrogen and oxygen atoms in total. The third-order valence-electron chi connectivity index (χ3n) is 3.19. The quantitative estimate of drug-likeness (QED) is 0.700. The summed E-state index contributed by atoms with van der Waals surface area (Å²) in [4.78, 5) is 12.1. The van der Waals surface area contributed by atoms with E-state index >= 15 is 0 Å². The van der Waals surface area contributed by atoms with Crippen LogP contribution in [-0.4, -0.2) is 30.0 Å². The second-order valence-electron chi connectivity index (χ2n) is 4.81. The van der Waals surface area contributed by atoms with Crippen LogP contribution in [0.2, 0.25) is 0 Å². The van der Waals surface area contributed by atoms with E-state index in [4.69, 9.17) is 4.74 Å². The average Bonchev–Trinajstić information content (AvgIpc) is 2.24. The SMILES string of the molecule is CCCC(Br)CNC(=O)CC1CC(OCC)C1. The standard InChI is InChI=1S/C13H24BrNO2/c1-3-5-11(14)9-15-13(16)8-10-6-12(7-10)17-4-2/h10-12H,3-9H2,1-2H3,(H,15,16). The molecule has 0 aromatic heterocycles. The maximum absolute atomic E-state index is 11.6. The van der Waals surface area contributed by atoms with Crippen molar-refractivity contribution in [2.24, 2.45) is 5.92 Å². The van der Waals surface area contributed by atoms with Gasteiger partial charge in [-0.3, -0.25) is 4.79 Å². The molecule has 1 aliphatic rings. The largest absolute Gasteiger partial charge is 0.378 e. The zero-order chi connectivity index (χ0) is 12.7. The summed E-state index contributed by atoms with van der Waals surface area (Å²) in [6.07, 6.45) is 5.42. The Labute approximate surface area is 113 Å². The first-order chi connectivity index (χ1) is 8.15. The molecule has 0 heterocycles. The monoisotopic (exact) mass is 305 g/mol. The van der Waals surface area contributed by atoms with Crippen molar-refractivity contribution >= 4 is 21.8 Å². The van der Waals surface area contributed by atoms with Gasteiger partial charge < -0.3 is 10.1 Å². The lowest BCUT2D eigenvalue weighted by atomic mass is 9.80. The summed E-state index contributed by atoms with van der Waals surface area (Å²) in [5, 5.41) is 2.99. The molecule has 1 N–H and O–H groups in total. The summed E-state index contributed by atoms with van der Waals surface area (Å²) in [5.74, 6) is 0.719. The first-order valence-electron chi connectivity index (χ1n) is 6.68. The molecule has 100 valence electrons. The van der Waals surface area contributed by atoms with Gasteiger partial charge >= 0.3 is 0 Å². The minimum atomic E-state index is 0.186. The highest BCUT2D eigenvalue weighted by atomic mass is 79.9. The molecule has 17 heavy (non-hydrogen) atoms. The van der Waals surface area contributed by atoms with Gasteiger partial charge in [-0.1, -0.05) is 29.3 Å². The minimum Gasteiger partial charge on any atom is -0.378 e. The fraction of sp³-hybridized carbons (Fsp3) is 0.923. The average molecular weight is 306 g/mol. The fourth-order valence-electron chi connectivity index (χ4n) is 2.19. The van der Waals surface area contributed by atoms with Gasteiger partial charge in [-0.15, -0.1) is 0 Å². The van der Waals surface area contributed by atoms with Crippen molar-refractivity contribution in [1.29, 1.82) is 0 Å². The van der Waals surface area contributed by atoms with E-state index in [-0.39, 0.29) is 5.91 Å². The van der Waals surface area contributed by atoms with Crippen LogP contribution in [0.3, 0.4) is 0 Å². The van der Waals surface area contributed by atoms with Gasteiger partial charge in [-0.25, -0.2) is 0 Å². The smallest absolute Gasteiger partial charge is 0.220 e. The molecule has 0 aliphatic heterocycles. The summed E-state index contributed by atoms with van der Waals surface area (Å²) in [6.45, 7) is 5.70. The Bertz CT molecular complexity index is 229. The Morgan fingerprint density at radius 1 is 1.47 bits per heavy atom. The number of carbonyl (C=O) groups excluding carboxylic acids is 1. The van der Waals surface area contributed by atoms with Gasteiger partial charge in [-0.05, 0) is 32.1 Å². The van der Waals surface area contributed by atoms with Crippen LogP contribution in [0, 0.1) is 5.92 Å². The second-order valence-corrected chi connectivity index (χ2v) is 6.10. The second kappa shape index (κ2) is 8.09. The highest BCUT2D eigenvalue weighted by Crippen LogP contribution is 2.32. The topological polar surface area (TPSA) is 38.3 Å². The minimum absolute atomic E-state index is 0.186. The molecule has 0 aromatic carbocycles. The van der Waals surface area contributed by atoms with Crippen LogP contribution in [-0.2, 0) is 9.53 Å². The molecule has 4 heteroatoms. The zero-order valence-corrected chi connectivity index (χ0v) is 12.5. The molecule has 1 aliphatic carbocycles. The van der Waals surface area contributed by atoms with Crippen LogP contribution in [0.15, 0.2) is 0 Å². The Kier molecular flexibility index (Phi) is 7.12. The van der Waals surface area contributed by atoms with Crippen LogP contribution >= 0.6 is 15.9 Å². The third-order valence-corrected chi connectivity index (χ3v) is 3.97. The van der Waals surface area contributed by atoms with E-state index < -0.39 is 0 Å². The molecular weight excluding hydrogens is 282 g/mol. The predicted molar refractivity (Wildman–Crippen MR) is 73.4 cm³/mol. The molecule has 1 saturated carbocycles. The van der Waals surface area contributed by atoms with E-state index in [1.165, 1.54) is 0 Å². The zero-order valence-electron chi connectivity index (χ0n) is 10.9. The number of carbonyl (C=O) groups is 1. The Balaban J connectivity index is 2.03. The molecule has 0 saturated heterocycles. The maximum atomic E-state index is 11.6. The molecule has 0 bridgehead atoms. The highest BCUT2D eigenvalue weighted by Gasteiger charge is 2.30. The van der Waals surface area contributed by atoms with Gasteiger partial charge in [0.15, 0.2) is 0 Å². The number of hydrogen-bond donors (Lipinski definition) is 1. The number of hydrogen-bond acceptors (Lipinski definition) is 2. The number of amides is 1. The maximum Gasteiger partial charge on any atom is 0.220 e. The van der Waals surface area contributed by atoms with Crippen molar-refractivity contribution < 1.29 is 9.53 Å². The van der Waals surface area contributed by atoms with Gasteiger partial charge in [0.1, 0.15) is 0 Å². The summed E-state index contributed by atoms with van der Waals surface area (Å²) in [5.41, 5.74) is 0. The Morgan fingerprint density at radius 2 is 2.18 bits per heavy atom. The predicted octanol–water partition coefficient (Wildman–Crippen LogP) is 2.87. The van der Waals surface area contributed by atoms with Crippen LogP contribution in [0.1, 0.15) is 46.0 Å². The number of halogens is 1.